The predicted molar refractivity (Wildman–Crippen MR) is 78.2 cm³/mol. The maximum Gasteiger partial charge on any atom is 0.317 e. The van der Waals surface area contributed by atoms with Crippen molar-refractivity contribution in [3.63, 3.8) is 0 Å². The number of benzene rings is 1. The lowest BCUT2D eigenvalue weighted by atomic mass is 9.99. The Labute approximate surface area is 126 Å². The van der Waals surface area contributed by atoms with E-state index in [0.717, 1.165) is 10.0 Å². The van der Waals surface area contributed by atoms with Crippen LogP contribution in [0.25, 0.3) is 0 Å². The van der Waals surface area contributed by atoms with Crippen LogP contribution in [0, 0.1) is 11.8 Å². The first kappa shape index (κ1) is 14.8. The average molecular weight is 341 g/mol. The summed E-state index contributed by atoms with van der Waals surface area (Å²) >= 11 is 3.35. The number of carbonyl (C=O) groups is 2. The summed E-state index contributed by atoms with van der Waals surface area (Å²) in [5.74, 6) is -1.31. The van der Waals surface area contributed by atoms with Gasteiger partial charge >= 0.3 is 12.0 Å². The van der Waals surface area contributed by atoms with E-state index in [1.165, 1.54) is 0 Å². The number of halogens is 1. The molecular weight excluding hydrogens is 324 g/mol. The Balaban J connectivity index is 1.87. The Bertz CT molecular complexity index is 504. The minimum atomic E-state index is -0.833. The first-order chi connectivity index (χ1) is 9.47. The summed E-state index contributed by atoms with van der Waals surface area (Å²) in [7, 11) is 0. The van der Waals surface area contributed by atoms with E-state index in [9.17, 15) is 9.59 Å². The molecule has 0 radical (unpaired) electrons. The molecular formula is C14H17BrN2O3. The Morgan fingerprint density at radius 1 is 1.35 bits per heavy atom. The van der Waals surface area contributed by atoms with Crippen LogP contribution in [0.15, 0.2) is 28.7 Å². The summed E-state index contributed by atoms with van der Waals surface area (Å²) in [5, 5.41) is 11.9. The average Bonchev–Trinajstić information content (AvgIpc) is 2.80. The molecule has 5 nitrogen and oxygen atoms in total. The number of carboxylic acid groups (broad SMARTS) is 1. The van der Waals surface area contributed by atoms with Crippen molar-refractivity contribution in [1.82, 2.24) is 10.2 Å². The van der Waals surface area contributed by atoms with Crippen LogP contribution in [0.5, 0.6) is 0 Å². The number of likely N-dealkylation sites (tertiary alicyclic amines) is 1. The van der Waals surface area contributed by atoms with Crippen LogP contribution in [0.4, 0.5) is 4.79 Å². The molecule has 2 atom stereocenters. The third-order valence-corrected chi connectivity index (χ3v) is 4.10. The van der Waals surface area contributed by atoms with E-state index in [1.54, 1.807) is 4.90 Å². The fourth-order valence-electron chi connectivity index (χ4n) is 2.35. The molecule has 0 aromatic heterocycles. The largest absolute Gasteiger partial charge is 0.481 e. The molecule has 2 rings (SSSR count). The molecule has 2 amide bonds. The number of carbonyl (C=O) groups excluding carboxylic acids is 1. The van der Waals surface area contributed by atoms with Crippen molar-refractivity contribution in [3.8, 4) is 0 Å². The molecule has 1 aliphatic heterocycles. The van der Waals surface area contributed by atoms with Crippen molar-refractivity contribution in [2.75, 3.05) is 13.1 Å². The number of carboxylic acids is 1. The number of nitrogens with zero attached hydrogens (tertiary/aromatic N) is 1. The molecule has 0 aliphatic carbocycles. The lowest BCUT2D eigenvalue weighted by Crippen LogP contribution is -2.38. The van der Waals surface area contributed by atoms with Gasteiger partial charge < -0.3 is 15.3 Å². The van der Waals surface area contributed by atoms with Crippen LogP contribution in [0.3, 0.4) is 0 Å². The molecule has 1 heterocycles. The first-order valence-electron chi connectivity index (χ1n) is 6.47. The first-order valence-corrected chi connectivity index (χ1v) is 7.26. The van der Waals surface area contributed by atoms with Gasteiger partial charge in [-0.1, -0.05) is 35.0 Å². The molecule has 0 saturated carbocycles. The molecule has 2 N–H and O–H groups in total. The Hall–Kier alpha value is -1.56. The Morgan fingerprint density at radius 2 is 2.00 bits per heavy atom. The number of amides is 2. The van der Waals surface area contributed by atoms with Gasteiger partial charge in [-0.3, -0.25) is 4.79 Å². The van der Waals surface area contributed by atoms with Gasteiger partial charge in [0.2, 0.25) is 0 Å². The maximum atomic E-state index is 12.0. The second-order valence-electron chi connectivity index (χ2n) is 5.11. The van der Waals surface area contributed by atoms with Gasteiger partial charge in [0.1, 0.15) is 0 Å². The number of hydrogen-bond acceptors (Lipinski definition) is 2. The lowest BCUT2D eigenvalue weighted by Gasteiger charge is -2.16. The zero-order chi connectivity index (χ0) is 14.7. The molecule has 1 aromatic carbocycles. The van der Waals surface area contributed by atoms with Gasteiger partial charge in [0, 0.05) is 24.1 Å². The van der Waals surface area contributed by atoms with Gasteiger partial charge in [0.15, 0.2) is 0 Å². The topological polar surface area (TPSA) is 69.6 Å². The standard InChI is InChI=1S/C14H17BrN2O3/c1-9-7-17(8-12(9)13(18)19)14(20)16-6-10-2-4-11(15)5-3-10/h2-5,9,12H,6-8H2,1H3,(H,16,20)(H,18,19)/t9-,12-/m1/s1. The van der Waals surface area contributed by atoms with Crippen molar-refractivity contribution in [2.45, 2.75) is 13.5 Å². The van der Waals surface area contributed by atoms with Crippen molar-refractivity contribution >= 4 is 27.9 Å². The van der Waals surface area contributed by atoms with E-state index < -0.39 is 11.9 Å². The van der Waals surface area contributed by atoms with E-state index in [2.05, 4.69) is 21.2 Å². The molecule has 0 bridgehead atoms. The van der Waals surface area contributed by atoms with Gasteiger partial charge in [-0.2, -0.15) is 0 Å². The summed E-state index contributed by atoms with van der Waals surface area (Å²) < 4.78 is 0.991. The third-order valence-electron chi connectivity index (χ3n) is 3.57. The SMILES string of the molecule is C[C@@H]1CN(C(=O)NCc2ccc(Br)cc2)C[C@H]1C(=O)O. The fourth-order valence-corrected chi connectivity index (χ4v) is 2.61. The van der Waals surface area contributed by atoms with E-state index in [1.807, 2.05) is 31.2 Å². The third kappa shape index (κ3) is 3.50. The zero-order valence-corrected chi connectivity index (χ0v) is 12.8. The van der Waals surface area contributed by atoms with Crippen molar-refractivity contribution in [3.05, 3.63) is 34.3 Å². The molecule has 6 heteroatoms. The van der Waals surface area contributed by atoms with Crippen LogP contribution in [-0.2, 0) is 11.3 Å². The van der Waals surface area contributed by atoms with Gasteiger partial charge in [0.05, 0.1) is 5.92 Å². The molecule has 1 saturated heterocycles. The normalized spacial score (nSPS) is 21.8. The highest BCUT2D eigenvalue weighted by atomic mass is 79.9. The molecule has 0 unspecified atom stereocenters. The summed E-state index contributed by atoms with van der Waals surface area (Å²) in [4.78, 5) is 24.6. The number of rotatable bonds is 3. The monoisotopic (exact) mass is 340 g/mol. The fraction of sp³-hybridized carbons (Fsp3) is 0.429. The van der Waals surface area contributed by atoms with Crippen molar-refractivity contribution in [1.29, 1.82) is 0 Å². The number of aliphatic carboxylic acids is 1. The smallest absolute Gasteiger partial charge is 0.317 e. The lowest BCUT2D eigenvalue weighted by molar-refractivity contribution is -0.142. The van der Waals surface area contributed by atoms with Crippen molar-refractivity contribution in [2.24, 2.45) is 11.8 Å². The molecule has 1 fully saturated rings. The summed E-state index contributed by atoms with van der Waals surface area (Å²) in [6, 6.07) is 7.48. The van der Waals surface area contributed by atoms with Gasteiger partial charge in [-0.05, 0) is 23.6 Å². The van der Waals surface area contributed by atoms with E-state index >= 15 is 0 Å². The highest BCUT2D eigenvalue weighted by Gasteiger charge is 2.36. The highest BCUT2D eigenvalue weighted by molar-refractivity contribution is 9.10. The molecule has 1 aromatic rings. The summed E-state index contributed by atoms with van der Waals surface area (Å²) in [6.45, 7) is 3.07. The van der Waals surface area contributed by atoms with Crippen LogP contribution < -0.4 is 5.32 Å². The predicted octanol–water partition coefficient (Wildman–Crippen LogP) is 2.31. The highest BCUT2D eigenvalue weighted by Crippen LogP contribution is 2.23. The number of hydrogen-bond donors (Lipinski definition) is 2. The second-order valence-corrected chi connectivity index (χ2v) is 6.03. The second kappa shape index (κ2) is 6.26. The maximum absolute atomic E-state index is 12.0. The number of urea groups is 1. The minimum Gasteiger partial charge on any atom is -0.481 e. The quantitative estimate of drug-likeness (QED) is 0.886. The van der Waals surface area contributed by atoms with Gasteiger partial charge in [-0.15, -0.1) is 0 Å². The zero-order valence-electron chi connectivity index (χ0n) is 11.2. The van der Waals surface area contributed by atoms with Crippen LogP contribution in [-0.4, -0.2) is 35.1 Å². The van der Waals surface area contributed by atoms with E-state index in [0.29, 0.717) is 13.1 Å². The molecule has 108 valence electrons. The van der Waals surface area contributed by atoms with E-state index in [-0.39, 0.29) is 18.5 Å². The van der Waals surface area contributed by atoms with E-state index in [4.69, 9.17) is 5.11 Å². The summed E-state index contributed by atoms with van der Waals surface area (Å²) in [5.41, 5.74) is 1.00. The Kier molecular flexibility index (Phi) is 4.65. The Morgan fingerprint density at radius 3 is 2.55 bits per heavy atom. The van der Waals surface area contributed by atoms with Crippen LogP contribution in [0.2, 0.25) is 0 Å². The molecule has 1 aliphatic rings. The summed E-state index contributed by atoms with van der Waals surface area (Å²) in [6.07, 6.45) is 0. The van der Waals surface area contributed by atoms with Gasteiger partial charge in [0.25, 0.3) is 0 Å². The van der Waals surface area contributed by atoms with Gasteiger partial charge in [-0.25, -0.2) is 4.79 Å². The van der Waals surface area contributed by atoms with Crippen LogP contribution >= 0.6 is 15.9 Å². The molecule has 0 spiro atoms. The van der Waals surface area contributed by atoms with Crippen molar-refractivity contribution < 1.29 is 14.7 Å². The number of nitrogens with one attached hydrogen (secondary N) is 1. The molecule has 20 heavy (non-hydrogen) atoms. The minimum absolute atomic E-state index is 0.00840. The van der Waals surface area contributed by atoms with Crippen LogP contribution in [0.1, 0.15) is 12.5 Å².